The summed E-state index contributed by atoms with van der Waals surface area (Å²) in [6.45, 7) is 6.10. The molecule has 0 radical (unpaired) electrons. The molecular weight excluding hydrogens is 441 g/mol. The second-order valence-electron chi connectivity index (χ2n) is 9.15. The summed E-state index contributed by atoms with van der Waals surface area (Å²) in [5.41, 5.74) is 3.08. The van der Waals surface area contributed by atoms with Gasteiger partial charge in [0.25, 0.3) is 0 Å². The van der Waals surface area contributed by atoms with Crippen molar-refractivity contribution in [2.75, 3.05) is 36.4 Å². The van der Waals surface area contributed by atoms with Gasteiger partial charge < -0.3 is 10.2 Å². The number of sulfonamides is 1. The Morgan fingerprint density at radius 3 is 2.33 bits per heavy atom. The lowest BCUT2D eigenvalue weighted by molar-refractivity contribution is -0.120. The molecule has 0 spiro atoms. The highest BCUT2D eigenvalue weighted by Gasteiger charge is 2.33. The van der Waals surface area contributed by atoms with Crippen molar-refractivity contribution in [3.05, 3.63) is 53.3 Å². The van der Waals surface area contributed by atoms with Crippen molar-refractivity contribution < 1.29 is 17.6 Å². The number of nitrogens with one attached hydrogen (secondary N) is 1. The second-order valence-corrected chi connectivity index (χ2v) is 11.1. The maximum atomic E-state index is 14.0. The fourth-order valence-corrected chi connectivity index (χ4v) is 6.52. The molecular formula is C25H32FN3O3S. The monoisotopic (exact) mass is 473 g/mol. The predicted molar refractivity (Wildman–Crippen MR) is 128 cm³/mol. The van der Waals surface area contributed by atoms with E-state index in [1.165, 1.54) is 22.9 Å². The first-order chi connectivity index (χ1) is 15.8. The van der Waals surface area contributed by atoms with Crippen molar-refractivity contribution in [2.45, 2.75) is 50.8 Å². The Morgan fingerprint density at radius 1 is 0.970 bits per heavy atom. The van der Waals surface area contributed by atoms with Gasteiger partial charge in [-0.2, -0.15) is 4.31 Å². The number of carbonyl (C=O) groups is 1. The summed E-state index contributed by atoms with van der Waals surface area (Å²) in [7, 11) is -3.60. The van der Waals surface area contributed by atoms with Gasteiger partial charge in [0.05, 0.1) is 16.3 Å². The Bertz CT molecular complexity index is 1120. The zero-order chi connectivity index (χ0) is 23.6. The number of benzene rings is 2. The van der Waals surface area contributed by atoms with Crippen molar-refractivity contribution in [1.29, 1.82) is 0 Å². The molecule has 178 valence electrons. The van der Waals surface area contributed by atoms with Crippen molar-refractivity contribution in [3.63, 3.8) is 0 Å². The van der Waals surface area contributed by atoms with Gasteiger partial charge in [0.1, 0.15) is 5.82 Å². The molecule has 6 nitrogen and oxygen atoms in total. The van der Waals surface area contributed by atoms with Crippen LogP contribution in [0.4, 0.5) is 15.8 Å². The number of amides is 1. The molecule has 0 saturated carbocycles. The number of hydrogen-bond donors (Lipinski definition) is 1. The van der Waals surface area contributed by atoms with Gasteiger partial charge in [-0.15, -0.1) is 0 Å². The standard InChI is InChI=1S/C25H32FN3O3S/c1-18-6-9-24(19(2)16-18)33(31,32)29-14-10-20(11-15-29)25(30)27-22-17-21(26)7-8-23(22)28-12-4-3-5-13-28/h6-9,16-17,20H,3-5,10-15H2,1-2H3,(H,27,30). The minimum absolute atomic E-state index is 0.178. The molecule has 2 aromatic rings. The molecule has 2 saturated heterocycles. The van der Waals surface area contributed by atoms with E-state index in [1.807, 2.05) is 13.0 Å². The first-order valence-electron chi connectivity index (χ1n) is 11.7. The lowest BCUT2D eigenvalue weighted by Crippen LogP contribution is -2.41. The van der Waals surface area contributed by atoms with E-state index in [0.717, 1.165) is 42.7 Å². The van der Waals surface area contributed by atoms with Crippen LogP contribution in [0.3, 0.4) is 0 Å². The van der Waals surface area contributed by atoms with Crippen LogP contribution in [0.5, 0.6) is 0 Å². The fourth-order valence-electron chi connectivity index (χ4n) is 4.84. The molecule has 2 aliphatic rings. The second kappa shape index (κ2) is 9.81. The summed E-state index contributed by atoms with van der Waals surface area (Å²) in [4.78, 5) is 15.5. The van der Waals surface area contributed by atoms with Gasteiger partial charge in [-0.05, 0) is 75.8 Å². The highest BCUT2D eigenvalue weighted by atomic mass is 32.2. The van der Waals surface area contributed by atoms with Gasteiger partial charge >= 0.3 is 0 Å². The smallest absolute Gasteiger partial charge is 0.243 e. The molecule has 8 heteroatoms. The van der Waals surface area contributed by atoms with Crippen LogP contribution in [-0.2, 0) is 14.8 Å². The summed E-state index contributed by atoms with van der Waals surface area (Å²) in [5, 5.41) is 2.93. The molecule has 2 heterocycles. The maximum absolute atomic E-state index is 14.0. The molecule has 1 N–H and O–H groups in total. The molecule has 0 atom stereocenters. The quantitative estimate of drug-likeness (QED) is 0.696. The van der Waals surface area contributed by atoms with Gasteiger partial charge in [0.2, 0.25) is 15.9 Å². The van der Waals surface area contributed by atoms with Gasteiger partial charge in [0, 0.05) is 32.1 Å². The third-order valence-corrected chi connectivity index (χ3v) is 8.75. The summed E-state index contributed by atoms with van der Waals surface area (Å²) in [6.07, 6.45) is 4.22. The lowest BCUT2D eigenvalue weighted by Gasteiger charge is -2.32. The van der Waals surface area contributed by atoms with Crippen LogP contribution in [0.15, 0.2) is 41.3 Å². The normalized spacial score (nSPS) is 18.3. The van der Waals surface area contributed by atoms with E-state index < -0.39 is 10.0 Å². The Labute approximate surface area is 195 Å². The Hall–Kier alpha value is -2.45. The van der Waals surface area contributed by atoms with Crippen molar-refractivity contribution in [2.24, 2.45) is 5.92 Å². The van der Waals surface area contributed by atoms with Crippen molar-refractivity contribution >= 4 is 27.3 Å². The molecule has 0 aromatic heterocycles. The fraction of sp³-hybridized carbons (Fsp3) is 0.480. The highest BCUT2D eigenvalue weighted by Crippen LogP contribution is 2.31. The van der Waals surface area contributed by atoms with E-state index in [9.17, 15) is 17.6 Å². The van der Waals surface area contributed by atoms with E-state index in [1.54, 1.807) is 25.1 Å². The number of piperidine rings is 2. The Balaban J connectivity index is 1.42. The zero-order valence-corrected chi connectivity index (χ0v) is 20.1. The number of carbonyl (C=O) groups excluding carboxylic acids is 1. The van der Waals surface area contributed by atoms with Crippen molar-refractivity contribution in [3.8, 4) is 0 Å². The summed E-state index contributed by atoms with van der Waals surface area (Å²) in [6, 6.07) is 9.86. The molecule has 4 rings (SSSR count). The van der Waals surface area contributed by atoms with Gasteiger partial charge in [-0.25, -0.2) is 12.8 Å². The van der Waals surface area contributed by atoms with Crippen LogP contribution in [-0.4, -0.2) is 44.8 Å². The first-order valence-corrected chi connectivity index (χ1v) is 13.1. The maximum Gasteiger partial charge on any atom is 0.243 e. The van der Waals surface area contributed by atoms with Gasteiger partial charge in [-0.1, -0.05) is 17.7 Å². The van der Waals surface area contributed by atoms with E-state index in [-0.39, 0.29) is 30.7 Å². The largest absolute Gasteiger partial charge is 0.370 e. The van der Waals surface area contributed by atoms with E-state index in [2.05, 4.69) is 10.2 Å². The number of nitrogens with zero attached hydrogens (tertiary/aromatic N) is 2. The molecule has 2 aliphatic heterocycles. The predicted octanol–water partition coefficient (Wildman–Crippen LogP) is 4.47. The molecule has 2 fully saturated rings. The van der Waals surface area contributed by atoms with E-state index in [0.29, 0.717) is 23.4 Å². The highest BCUT2D eigenvalue weighted by molar-refractivity contribution is 7.89. The summed E-state index contributed by atoms with van der Waals surface area (Å²) in [5.74, 6) is -0.879. The average Bonchev–Trinajstić information content (AvgIpc) is 2.79. The van der Waals surface area contributed by atoms with Crippen LogP contribution in [0.1, 0.15) is 43.2 Å². The first kappa shape index (κ1) is 23.7. The summed E-state index contributed by atoms with van der Waals surface area (Å²) < 4.78 is 41.7. The number of aryl methyl sites for hydroxylation is 2. The number of halogens is 1. The molecule has 2 aromatic carbocycles. The van der Waals surface area contributed by atoms with Crippen LogP contribution in [0.2, 0.25) is 0 Å². The third kappa shape index (κ3) is 5.22. The number of hydrogen-bond acceptors (Lipinski definition) is 4. The topological polar surface area (TPSA) is 69.7 Å². The zero-order valence-electron chi connectivity index (χ0n) is 19.3. The third-order valence-electron chi connectivity index (χ3n) is 6.69. The molecule has 1 amide bonds. The van der Waals surface area contributed by atoms with Crippen LogP contribution in [0, 0.1) is 25.6 Å². The van der Waals surface area contributed by atoms with Crippen molar-refractivity contribution in [1.82, 2.24) is 4.31 Å². The number of anilines is 2. The lowest BCUT2D eigenvalue weighted by atomic mass is 9.97. The van der Waals surface area contributed by atoms with Gasteiger partial charge in [-0.3, -0.25) is 4.79 Å². The summed E-state index contributed by atoms with van der Waals surface area (Å²) >= 11 is 0. The average molecular weight is 474 g/mol. The van der Waals surface area contributed by atoms with E-state index >= 15 is 0 Å². The van der Waals surface area contributed by atoms with Gasteiger partial charge in [0.15, 0.2) is 0 Å². The van der Waals surface area contributed by atoms with E-state index in [4.69, 9.17) is 0 Å². The van der Waals surface area contributed by atoms with Crippen LogP contribution < -0.4 is 10.2 Å². The SMILES string of the molecule is Cc1ccc(S(=O)(=O)N2CCC(C(=O)Nc3cc(F)ccc3N3CCCCC3)CC2)c(C)c1. The Kier molecular flexibility index (Phi) is 7.05. The minimum atomic E-state index is -3.60. The van der Waals surface area contributed by atoms with Crippen LogP contribution >= 0.6 is 0 Å². The number of rotatable bonds is 5. The molecule has 0 unspecified atom stereocenters. The minimum Gasteiger partial charge on any atom is -0.370 e. The molecule has 33 heavy (non-hydrogen) atoms. The Morgan fingerprint density at radius 2 is 1.67 bits per heavy atom. The molecule has 0 aliphatic carbocycles. The molecule has 0 bridgehead atoms. The van der Waals surface area contributed by atoms with Crippen LogP contribution in [0.25, 0.3) is 0 Å².